The minimum atomic E-state index is 0.0636. The Kier molecular flexibility index (Phi) is 4.23. The van der Waals surface area contributed by atoms with Crippen LogP contribution >= 0.6 is 0 Å². The second-order valence-corrected chi connectivity index (χ2v) is 5.04. The summed E-state index contributed by atoms with van der Waals surface area (Å²) in [6, 6.07) is 11.4. The van der Waals surface area contributed by atoms with Crippen molar-refractivity contribution in [2.24, 2.45) is 0 Å². The van der Waals surface area contributed by atoms with Crippen molar-refractivity contribution in [2.75, 3.05) is 6.61 Å². The lowest BCUT2D eigenvalue weighted by Crippen LogP contribution is -2.05. The lowest BCUT2D eigenvalue weighted by Gasteiger charge is -2.10. The highest BCUT2D eigenvalue weighted by atomic mass is 16.5. The summed E-state index contributed by atoms with van der Waals surface area (Å²) in [5.41, 5.74) is 4.85. The molecule has 0 aliphatic rings. The number of benzene rings is 2. The van der Waals surface area contributed by atoms with E-state index in [0.717, 1.165) is 22.4 Å². The molecule has 2 aromatic carbocycles. The Morgan fingerprint density at radius 1 is 0.950 bits per heavy atom. The molecule has 0 spiro atoms. The summed E-state index contributed by atoms with van der Waals surface area (Å²) in [7, 11) is 0. The standard InChI is InChI=1S/C18H20O2/c1-5-20-16-8-6-15(7-9-16)18(19)17-11-13(3)12(2)10-14(17)4/h6-11H,5H2,1-4H3. The van der Waals surface area contributed by atoms with Crippen LogP contribution in [0.5, 0.6) is 5.75 Å². The van der Waals surface area contributed by atoms with Gasteiger partial charge in [-0.25, -0.2) is 0 Å². The highest BCUT2D eigenvalue weighted by Crippen LogP contribution is 2.20. The fourth-order valence-electron chi connectivity index (χ4n) is 2.23. The first kappa shape index (κ1) is 14.3. The maximum Gasteiger partial charge on any atom is 0.193 e. The van der Waals surface area contributed by atoms with Crippen molar-refractivity contribution in [3.05, 3.63) is 64.2 Å². The molecule has 0 bridgehead atoms. The summed E-state index contributed by atoms with van der Waals surface area (Å²) >= 11 is 0. The minimum absolute atomic E-state index is 0.0636. The molecule has 0 N–H and O–H groups in total. The van der Waals surface area contributed by atoms with Gasteiger partial charge in [0.15, 0.2) is 5.78 Å². The van der Waals surface area contributed by atoms with Crippen molar-refractivity contribution in [3.63, 3.8) is 0 Å². The molecule has 0 fully saturated rings. The van der Waals surface area contributed by atoms with Crippen molar-refractivity contribution in [1.29, 1.82) is 0 Å². The fourth-order valence-corrected chi connectivity index (χ4v) is 2.23. The number of ketones is 1. The molecule has 2 aromatic rings. The number of ether oxygens (including phenoxy) is 1. The van der Waals surface area contributed by atoms with Crippen LogP contribution in [0.3, 0.4) is 0 Å². The first-order valence-electron chi connectivity index (χ1n) is 6.88. The third-order valence-corrected chi connectivity index (χ3v) is 3.51. The Labute approximate surface area is 120 Å². The molecule has 0 heterocycles. The summed E-state index contributed by atoms with van der Waals surface area (Å²) in [6.45, 7) is 8.65. The van der Waals surface area contributed by atoms with Gasteiger partial charge in [0.2, 0.25) is 0 Å². The summed E-state index contributed by atoms with van der Waals surface area (Å²) in [6.07, 6.45) is 0. The van der Waals surface area contributed by atoms with Crippen LogP contribution in [0.15, 0.2) is 36.4 Å². The summed E-state index contributed by atoms with van der Waals surface area (Å²) in [5.74, 6) is 0.856. The molecule has 0 aliphatic heterocycles. The normalized spacial score (nSPS) is 10.4. The zero-order valence-corrected chi connectivity index (χ0v) is 12.5. The first-order valence-corrected chi connectivity index (χ1v) is 6.88. The first-order chi connectivity index (χ1) is 9.52. The molecule has 2 heteroatoms. The second kappa shape index (κ2) is 5.91. The maximum absolute atomic E-state index is 12.6. The van der Waals surface area contributed by atoms with E-state index in [0.29, 0.717) is 12.2 Å². The molecule has 0 unspecified atom stereocenters. The molecule has 2 rings (SSSR count). The van der Waals surface area contributed by atoms with E-state index in [9.17, 15) is 4.79 Å². The lowest BCUT2D eigenvalue weighted by atomic mass is 9.95. The van der Waals surface area contributed by atoms with E-state index >= 15 is 0 Å². The van der Waals surface area contributed by atoms with Crippen LogP contribution in [0.2, 0.25) is 0 Å². The van der Waals surface area contributed by atoms with Crippen LogP contribution in [0.4, 0.5) is 0 Å². The molecule has 104 valence electrons. The lowest BCUT2D eigenvalue weighted by molar-refractivity contribution is 0.103. The zero-order chi connectivity index (χ0) is 14.7. The average Bonchev–Trinajstić information content (AvgIpc) is 2.43. The van der Waals surface area contributed by atoms with Gasteiger partial charge < -0.3 is 4.74 Å². The maximum atomic E-state index is 12.6. The fraction of sp³-hybridized carbons (Fsp3) is 0.278. The summed E-state index contributed by atoms with van der Waals surface area (Å²) in [4.78, 5) is 12.6. The molecular formula is C18H20O2. The number of rotatable bonds is 4. The van der Waals surface area contributed by atoms with Crippen LogP contribution in [0, 0.1) is 20.8 Å². The highest BCUT2D eigenvalue weighted by Gasteiger charge is 2.13. The van der Waals surface area contributed by atoms with Crippen molar-refractivity contribution in [1.82, 2.24) is 0 Å². The Morgan fingerprint density at radius 3 is 2.15 bits per heavy atom. The molecule has 0 aliphatic carbocycles. The van der Waals surface area contributed by atoms with Crippen LogP contribution in [-0.4, -0.2) is 12.4 Å². The van der Waals surface area contributed by atoms with E-state index in [2.05, 4.69) is 13.0 Å². The van der Waals surface area contributed by atoms with Gasteiger partial charge in [0.1, 0.15) is 5.75 Å². The van der Waals surface area contributed by atoms with E-state index < -0.39 is 0 Å². The van der Waals surface area contributed by atoms with Crippen molar-refractivity contribution < 1.29 is 9.53 Å². The molecule has 0 saturated carbocycles. The van der Waals surface area contributed by atoms with Gasteiger partial charge in [-0.15, -0.1) is 0 Å². The molecule has 0 aromatic heterocycles. The zero-order valence-electron chi connectivity index (χ0n) is 12.5. The van der Waals surface area contributed by atoms with Crippen molar-refractivity contribution in [3.8, 4) is 5.75 Å². The van der Waals surface area contributed by atoms with Gasteiger partial charge in [-0.3, -0.25) is 4.79 Å². The van der Waals surface area contributed by atoms with Gasteiger partial charge in [-0.05, 0) is 74.7 Å². The third kappa shape index (κ3) is 2.90. The van der Waals surface area contributed by atoms with E-state index in [1.54, 1.807) is 0 Å². The minimum Gasteiger partial charge on any atom is -0.494 e. The third-order valence-electron chi connectivity index (χ3n) is 3.51. The molecule has 0 amide bonds. The largest absolute Gasteiger partial charge is 0.494 e. The van der Waals surface area contributed by atoms with Gasteiger partial charge in [-0.1, -0.05) is 6.07 Å². The van der Waals surface area contributed by atoms with E-state index in [4.69, 9.17) is 4.74 Å². The average molecular weight is 268 g/mol. The van der Waals surface area contributed by atoms with Gasteiger partial charge >= 0.3 is 0 Å². The van der Waals surface area contributed by atoms with Crippen molar-refractivity contribution >= 4 is 5.78 Å². The number of carbonyl (C=O) groups is 1. The van der Waals surface area contributed by atoms with E-state index in [1.807, 2.05) is 51.1 Å². The number of hydrogen-bond donors (Lipinski definition) is 0. The summed E-state index contributed by atoms with van der Waals surface area (Å²) < 4.78 is 5.39. The van der Waals surface area contributed by atoms with Crippen LogP contribution in [0.1, 0.15) is 39.5 Å². The number of aryl methyl sites for hydroxylation is 3. The molecule has 0 radical (unpaired) electrons. The molecule has 2 nitrogen and oxygen atoms in total. The highest BCUT2D eigenvalue weighted by molar-refractivity contribution is 6.10. The van der Waals surface area contributed by atoms with E-state index in [-0.39, 0.29) is 5.78 Å². The summed E-state index contributed by atoms with van der Waals surface area (Å²) in [5, 5.41) is 0. The topological polar surface area (TPSA) is 26.3 Å². The van der Waals surface area contributed by atoms with Gasteiger partial charge in [0.05, 0.1) is 6.61 Å². The molecule has 20 heavy (non-hydrogen) atoms. The Balaban J connectivity index is 2.33. The number of carbonyl (C=O) groups excluding carboxylic acids is 1. The Bertz CT molecular complexity index is 625. The second-order valence-electron chi connectivity index (χ2n) is 5.04. The van der Waals surface area contributed by atoms with Crippen molar-refractivity contribution in [2.45, 2.75) is 27.7 Å². The van der Waals surface area contributed by atoms with Gasteiger partial charge in [-0.2, -0.15) is 0 Å². The smallest absolute Gasteiger partial charge is 0.193 e. The Hall–Kier alpha value is -2.09. The quantitative estimate of drug-likeness (QED) is 0.775. The Morgan fingerprint density at radius 2 is 1.55 bits per heavy atom. The van der Waals surface area contributed by atoms with Gasteiger partial charge in [0.25, 0.3) is 0 Å². The van der Waals surface area contributed by atoms with E-state index in [1.165, 1.54) is 5.56 Å². The van der Waals surface area contributed by atoms with Crippen LogP contribution in [-0.2, 0) is 0 Å². The van der Waals surface area contributed by atoms with Crippen LogP contribution in [0.25, 0.3) is 0 Å². The molecule has 0 atom stereocenters. The predicted octanol–water partition coefficient (Wildman–Crippen LogP) is 4.24. The molecular weight excluding hydrogens is 248 g/mol. The molecule has 0 saturated heterocycles. The number of hydrogen-bond acceptors (Lipinski definition) is 2. The van der Waals surface area contributed by atoms with Gasteiger partial charge in [0, 0.05) is 11.1 Å². The predicted molar refractivity (Wildman–Crippen MR) is 81.7 cm³/mol. The SMILES string of the molecule is CCOc1ccc(C(=O)c2cc(C)c(C)cc2C)cc1. The monoisotopic (exact) mass is 268 g/mol. The van der Waals surface area contributed by atoms with Crippen LogP contribution < -0.4 is 4.74 Å².